The van der Waals surface area contributed by atoms with Gasteiger partial charge in [0.1, 0.15) is 18.2 Å². The summed E-state index contributed by atoms with van der Waals surface area (Å²) in [6, 6.07) is 0.623. The lowest BCUT2D eigenvalue weighted by Gasteiger charge is -2.02. The molecule has 1 aromatic heterocycles. The minimum absolute atomic E-state index is 0.236. The Bertz CT molecular complexity index is 368. The number of aromatic nitrogens is 2. The number of aryl methyl sites for hydroxylation is 1. The molecule has 0 saturated heterocycles. The van der Waals surface area contributed by atoms with E-state index < -0.39 is 24.4 Å². The summed E-state index contributed by atoms with van der Waals surface area (Å²) < 4.78 is 49.3. The molecule has 1 heterocycles. The molecule has 4 nitrogen and oxygen atoms in total. The molecular weight excluding hydrogens is 216 g/mol. The highest BCUT2D eigenvalue weighted by Crippen LogP contribution is 2.28. The highest BCUT2D eigenvalue weighted by Gasteiger charge is 2.35. The monoisotopic (exact) mass is 224 g/mol. The minimum Gasteiger partial charge on any atom is -0.382 e. The molecule has 1 rings (SSSR count). The molecule has 0 amide bonds. The standard InChI is InChI=1S/C7H8F4N4/c8-1-2-15-4(6(12)13)3-5(14-15)7(9,10)11/h3H,1-2H2,(H3,12,13). The smallest absolute Gasteiger partial charge is 0.382 e. The average Bonchev–Trinajstić information content (AvgIpc) is 2.48. The third-order valence-corrected chi connectivity index (χ3v) is 1.64. The lowest BCUT2D eigenvalue weighted by Crippen LogP contribution is -2.18. The van der Waals surface area contributed by atoms with Crippen molar-refractivity contribution in [3.05, 3.63) is 17.5 Å². The Labute approximate surface area is 82.2 Å². The lowest BCUT2D eigenvalue weighted by atomic mass is 10.3. The van der Waals surface area contributed by atoms with Crippen molar-refractivity contribution < 1.29 is 17.6 Å². The fourth-order valence-corrected chi connectivity index (χ4v) is 1.02. The maximum atomic E-state index is 12.2. The molecule has 84 valence electrons. The zero-order valence-corrected chi connectivity index (χ0v) is 7.48. The fourth-order valence-electron chi connectivity index (χ4n) is 1.02. The number of halogens is 4. The van der Waals surface area contributed by atoms with Gasteiger partial charge in [0.25, 0.3) is 0 Å². The summed E-state index contributed by atoms with van der Waals surface area (Å²) in [7, 11) is 0. The third-order valence-electron chi connectivity index (χ3n) is 1.64. The molecule has 8 heteroatoms. The number of alkyl halides is 4. The van der Waals surface area contributed by atoms with Crippen LogP contribution in [-0.4, -0.2) is 22.3 Å². The molecule has 0 aliphatic heterocycles. The van der Waals surface area contributed by atoms with Crippen molar-refractivity contribution in [2.75, 3.05) is 6.67 Å². The molecule has 0 atom stereocenters. The summed E-state index contributed by atoms with van der Waals surface area (Å²) in [5.74, 6) is -0.577. The second-order valence-electron chi connectivity index (χ2n) is 2.74. The minimum atomic E-state index is -4.62. The Balaban J connectivity index is 3.15. The molecule has 0 spiro atoms. The Kier molecular flexibility index (Phi) is 2.96. The summed E-state index contributed by atoms with van der Waals surface area (Å²) in [4.78, 5) is 0. The van der Waals surface area contributed by atoms with E-state index >= 15 is 0 Å². The molecule has 15 heavy (non-hydrogen) atoms. The highest BCUT2D eigenvalue weighted by molar-refractivity contribution is 5.93. The van der Waals surface area contributed by atoms with Crippen molar-refractivity contribution in [2.45, 2.75) is 12.7 Å². The van der Waals surface area contributed by atoms with Gasteiger partial charge in [0.2, 0.25) is 0 Å². The van der Waals surface area contributed by atoms with Gasteiger partial charge in [-0.3, -0.25) is 10.1 Å². The fraction of sp³-hybridized carbons (Fsp3) is 0.429. The van der Waals surface area contributed by atoms with Crippen LogP contribution >= 0.6 is 0 Å². The van der Waals surface area contributed by atoms with E-state index in [1.165, 1.54) is 0 Å². The third kappa shape index (κ3) is 2.45. The maximum absolute atomic E-state index is 12.2. The van der Waals surface area contributed by atoms with Gasteiger partial charge in [0, 0.05) is 0 Å². The van der Waals surface area contributed by atoms with Crippen LogP contribution in [0.4, 0.5) is 17.6 Å². The van der Waals surface area contributed by atoms with Gasteiger partial charge in [-0.1, -0.05) is 0 Å². The van der Waals surface area contributed by atoms with Crippen molar-refractivity contribution in [2.24, 2.45) is 5.73 Å². The van der Waals surface area contributed by atoms with Crippen LogP contribution in [0.2, 0.25) is 0 Å². The van der Waals surface area contributed by atoms with Crippen LogP contribution in [-0.2, 0) is 12.7 Å². The predicted octanol–water partition coefficient (Wildman–Crippen LogP) is 1.16. The second-order valence-corrected chi connectivity index (χ2v) is 2.74. The molecule has 0 aliphatic rings. The van der Waals surface area contributed by atoms with Crippen LogP contribution in [0.15, 0.2) is 6.07 Å². The van der Waals surface area contributed by atoms with Crippen LogP contribution in [0.25, 0.3) is 0 Å². The van der Waals surface area contributed by atoms with Crippen LogP contribution < -0.4 is 5.73 Å². The zero-order chi connectivity index (χ0) is 11.6. The van der Waals surface area contributed by atoms with Gasteiger partial charge in [0.15, 0.2) is 5.69 Å². The van der Waals surface area contributed by atoms with Crippen LogP contribution in [0.5, 0.6) is 0 Å². The van der Waals surface area contributed by atoms with Crippen molar-refractivity contribution in [1.82, 2.24) is 9.78 Å². The van der Waals surface area contributed by atoms with Crippen molar-refractivity contribution >= 4 is 5.84 Å². The number of hydrogen-bond donors (Lipinski definition) is 2. The van der Waals surface area contributed by atoms with Crippen LogP contribution in [0.1, 0.15) is 11.4 Å². The first-order chi connectivity index (χ1) is 6.86. The Morgan fingerprint density at radius 3 is 2.53 bits per heavy atom. The van der Waals surface area contributed by atoms with Gasteiger partial charge < -0.3 is 5.73 Å². The molecule has 3 N–H and O–H groups in total. The van der Waals surface area contributed by atoms with E-state index in [9.17, 15) is 17.6 Å². The van der Waals surface area contributed by atoms with Crippen LogP contribution in [0.3, 0.4) is 0 Å². The molecule has 0 aromatic carbocycles. The first-order valence-corrected chi connectivity index (χ1v) is 3.91. The maximum Gasteiger partial charge on any atom is 0.435 e. The van der Waals surface area contributed by atoms with Crippen molar-refractivity contribution in [3.8, 4) is 0 Å². The number of nitrogens with zero attached hydrogens (tertiary/aromatic N) is 2. The van der Waals surface area contributed by atoms with Gasteiger partial charge in [-0.2, -0.15) is 18.3 Å². The van der Waals surface area contributed by atoms with E-state index in [0.29, 0.717) is 6.07 Å². The Hall–Kier alpha value is -1.60. The number of nitrogens with two attached hydrogens (primary N) is 1. The largest absolute Gasteiger partial charge is 0.435 e. The van der Waals surface area contributed by atoms with Crippen LogP contribution in [0, 0.1) is 5.41 Å². The van der Waals surface area contributed by atoms with E-state index in [-0.39, 0.29) is 12.2 Å². The van der Waals surface area contributed by atoms with Gasteiger partial charge in [0.05, 0.1) is 6.54 Å². The normalized spacial score (nSPS) is 11.7. The zero-order valence-electron chi connectivity index (χ0n) is 7.48. The van der Waals surface area contributed by atoms with Crippen molar-refractivity contribution in [1.29, 1.82) is 5.41 Å². The second kappa shape index (κ2) is 3.87. The van der Waals surface area contributed by atoms with E-state index in [1.54, 1.807) is 0 Å². The van der Waals surface area contributed by atoms with E-state index in [2.05, 4.69) is 5.10 Å². The molecule has 0 unspecified atom stereocenters. The first-order valence-electron chi connectivity index (χ1n) is 3.91. The average molecular weight is 224 g/mol. The summed E-state index contributed by atoms with van der Waals surface area (Å²) in [5, 5.41) is 10.1. The van der Waals surface area contributed by atoms with Gasteiger partial charge >= 0.3 is 6.18 Å². The molecule has 0 radical (unpaired) electrons. The number of hydrogen-bond acceptors (Lipinski definition) is 2. The number of nitrogens with one attached hydrogen (secondary N) is 1. The van der Waals surface area contributed by atoms with Gasteiger partial charge in [-0.25, -0.2) is 4.39 Å². The Morgan fingerprint density at radius 2 is 2.13 bits per heavy atom. The summed E-state index contributed by atoms with van der Waals surface area (Å²) in [6.07, 6.45) is -4.62. The topological polar surface area (TPSA) is 67.7 Å². The summed E-state index contributed by atoms with van der Waals surface area (Å²) >= 11 is 0. The van der Waals surface area contributed by atoms with Crippen molar-refractivity contribution in [3.63, 3.8) is 0 Å². The van der Waals surface area contributed by atoms with E-state index in [1.807, 2.05) is 0 Å². The molecule has 0 fully saturated rings. The highest BCUT2D eigenvalue weighted by atomic mass is 19.4. The SMILES string of the molecule is N=C(N)c1cc(C(F)(F)F)nn1CCF. The number of nitrogen functional groups attached to an aromatic ring is 1. The molecule has 1 aromatic rings. The molecule has 0 bridgehead atoms. The lowest BCUT2D eigenvalue weighted by molar-refractivity contribution is -0.141. The quantitative estimate of drug-likeness (QED) is 0.459. The summed E-state index contributed by atoms with van der Waals surface area (Å²) in [6.45, 7) is -1.23. The number of amidine groups is 1. The molecule has 0 aliphatic carbocycles. The predicted molar refractivity (Wildman–Crippen MR) is 44.2 cm³/mol. The van der Waals surface area contributed by atoms with E-state index in [0.717, 1.165) is 4.68 Å². The van der Waals surface area contributed by atoms with Gasteiger partial charge in [-0.15, -0.1) is 0 Å². The number of rotatable bonds is 3. The molecule has 0 saturated carbocycles. The van der Waals surface area contributed by atoms with Gasteiger partial charge in [-0.05, 0) is 6.07 Å². The van der Waals surface area contributed by atoms with E-state index in [4.69, 9.17) is 11.1 Å². The Morgan fingerprint density at radius 1 is 1.53 bits per heavy atom. The molecular formula is C7H8F4N4. The summed E-state index contributed by atoms with van der Waals surface area (Å²) in [5.41, 5.74) is 3.62. The first kappa shape index (κ1) is 11.5.